The summed E-state index contributed by atoms with van der Waals surface area (Å²) in [7, 11) is 3.86. The molecule has 6 nitrogen and oxygen atoms in total. The van der Waals surface area contributed by atoms with E-state index in [1.165, 1.54) is 17.0 Å². The van der Waals surface area contributed by atoms with Crippen molar-refractivity contribution < 1.29 is 19.8 Å². The van der Waals surface area contributed by atoms with Crippen LogP contribution in [0.15, 0.2) is 77.7 Å². The van der Waals surface area contributed by atoms with Gasteiger partial charge in [-0.2, -0.15) is 0 Å². The van der Waals surface area contributed by atoms with Crippen molar-refractivity contribution in [2.45, 2.75) is 12.1 Å². The second kappa shape index (κ2) is 8.98. The Hall–Kier alpha value is -3.42. The van der Waals surface area contributed by atoms with Crippen molar-refractivity contribution in [2.75, 3.05) is 20.6 Å². The highest BCUT2D eigenvalue weighted by atomic mass is 32.1. The molecule has 32 heavy (non-hydrogen) atoms. The SMILES string of the molecule is CN(C)C(CN1C(=O)C(=O)/C(=C(/O)c2ccccc2)C1c1ccc(O)cc1)c1cccs1. The molecule has 2 N–H and O–H groups in total. The zero-order valence-electron chi connectivity index (χ0n) is 17.8. The number of likely N-dealkylation sites (tertiary alicyclic amines) is 1. The van der Waals surface area contributed by atoms with E-state index in [2.05, 4.69) is 0 Å². The molecule has 0 spiro atoms. The van der Waals surface area contributed by atoms with Crippen molar-refractivity contribution in [3.8, 4) is 5.75 Å². The fourth-order valence-corrected chi connectivity index (χ4v) is 4.91. The summed E-state index contributed by atoms with van der Waals surface area (Å²) in [6, 6.07) is 18.2. The smallest absolute Gasteiger partial charge is 0.295 e. The number of hydrogen-bond acceptors (Lipinski definition) is 6. The maximum Gasteiger partial charge on any atom is 0.295 e. The lowest BCUT2D eigenvalue weighted by atomic mass is 9.95. The van der Waals surface area contributed by atoms with Crippen LogP contribution in [-0.4, -0.2) is 52.3 Å². The van der Waals surface area contributed by atoms with Crippen molar-refractivity contribution in [1.82, 2.24) is 9.80 Å². The molecule has 0 saturated carbocycles. The van der Waals surface area contributed by atoms with Crippen molar-refractivity contribution in [3.05, 3.63) is 93.7 Å². The number of carbonyl (C=O) groups excluding carboxylic acids is 2. The Morgan fingerprint density at radius 3 is 2.31 bits per heavy atom. The van der Waals surface area contributed by atoms with Crippen molar-refractivity contribution >= 4 is 28.8 Å². The predicted molar refractivity (Wildman–Crippen MR) is 124 cm³/mol. The van der Waals surface area contributed by atoms with E-state index < -0.39 is 17.7 Å². The zero-order valence-corrected chi connectivity index (χ0v) is 18.6. The second-order valence-electron chi connectivity index (χ2n) is 7.90. The fraction of sp³-hybridized carbons (Fsp3) is 0.200. The average Bonchev–Trinajstić information content (AvgIpc) is 3.40. The number of thiophene rings is 1. The zero-order chi connectivity index (χ0) is 22.8. The Kier molecular flexibility index (Phi) is 6.12. The largest absolute Gasteiger partial charge is 0.508 e. The molecule has 164 valence electrons. The predicted octanol–water partition coefficient (Wildman–Crippen LogP) is 4.18. The van der Waals surface area contributed by atoms with Crippen LogP contribution in [0.4, 0.5) is 0 Å². The lowest BCUT2D eigenvalue weighted by molar-refractivity contribution is -0.140. The van der Waals surface area contributed by atoms with Crippen LogP contribution < -0.4 is 0 Å². The van der Waals surface area contributed by atoms with Crippen LogP contribution >= 0.6 is 11.3 Å². The highest BCUT2D eigenvalue weighted by Gasteiger charge is 2.47. The molecular weight excluding hydrogens is 424 g/mol. The molecule has 1 fully saturated rings. The molecule has 1 saturated heterocycles. The molecule has 2 heterocycles. The third-order valence-corrected chi connectivity index (χ3v) is 6.63. The molecule has 0 radical (unpaired) electrons. The van der Waals surface area contributed by atoms with Crippen molar-refractivity contribution in [3.63, 3.8) is 0 Å². The van der Waals surface area contributed by atoms with Crippen LogP contribution in [0.5, 0.6) is 5.75 Å². The van der Waals surface area contributed by atoms with E-state index in [9.17, 15) is 19.8 Å². The molecule has 4 rings (SSSR count). The quantitative estimate of drug-likeness (QED) is 0.336. The Balaban J connectivity index is 1.84. The van der Waals surface area contributed by atoms with E-state index in [4.69, 9.17) is 0 Å². The number of phenols is 1. The molecule has 0 aliphatic carbocycles. The molecule has 2 atom stereocenters. The number of carbonyl (C=O) groups is 2. The molecular formula is C25H24N2O4S. The Morgan fingerprint density at radius 2 is 1.72 bits per heavy atom. The van der Waals surface area contributed by atoms with E-state index in [0.717, 1.165) is 4.88 Å². The highest BCUT2D eigenvalue weighted by molar-refractivity contribution is 7.10. The average molecular weight is 449 g/mol. The van der Waals surface area contributed by atoms with Gasteiger partial charge in [0.2, 0.25) is 0 Å². The number of ketones is 1. The van der Waals surface area contributed by atoms with E-state index in [1.54, 1.807) is 47.7 Å². The highest BCUT2D eigenvalue weighted by Crippen LogP contribution is 2.41. The van der Waals surface area contributed by atoms with E-state index in [-0.39, 0.29) is 29.7 Å². The van der Waals surface area contributed by atoms with Gasteiger partial charge in [0, 0.05) is 17.0 Å². The first-order valence-electron chi connectivity index (χ1n) is 10.2. The van der Waals surface area contributed by atoms with Crippen LogP contribution in [0.2, 0.25) is 0 Å². The minimum Gasteiger partial charge on any atom is -0.508 e. The Labute approximate surface area is 190 Å². The summed E-state index contributed by atoms with van der Waals surface area (Å²) in [5.74, 6) is -1.49. The number of nitrogens with zero attached hydrogens (tertiary/aromatic N) is 2. The van der Waals surface area contributed by atoms with E-state index in [0.29, 0.717) is 11.1 Å². The lowest BCUT2D eigenvalue weighted by Crippen LogP contribution is -2.37. The van der Waals surface area contributed by atoms with Crippen LogP contribution in [-0.2, 0) is 9.59 Å². The molecule has 3 aromatic rings. The van der Waals surface area contributed by atoms with Gasteiger partial charge in [-0.05, 0) is 43.2 Å². The van der Waals surface area contributed by atoms with Crippen molar-refractivity contribution in [1.29, 1.82) is 0 Å². The first-order chi connectivity index (χ1) is 15.4. The van der Waals surface area contributed by atoms with Gasteiger partial charge in [0.25, 0.3) is 11.7 Å². The van der Waals surface area contributed by atoms with Gasteiger partial charge in [0.15, 0.2) is 0 Å². The third-order valence-electron chi connectivity index (χ3n) is 5.66. The molecule has 2 aromatic carbocycles. The standard InChI is InChI=1S/C25H24N2O4S/c1-26(2)19(20-9-6-14-32-20)15-27-22(16-10-12-18(28)13-11-16)21(24(30)25(27)31)23(29)17-7-4-3-5-8-17/h3-14,19,22,28-29H,15H2,1-2H3/b23-21+. The lowest BCUT2D eigenvalue weighted by Gasteiger charge is -2.32. The molecule has 1 amide bonds. The van der Waals surface area contributed by atoms with Crippen LogP contribution in [0.3, 0.4) is 0 Å². The summed E-state index contributed by atoms with van der Waals surface area (Å²) in [4.78, 5) is 31.0. The maximum atomic E-state index is 13.2. The number of phenolic OH excluding ortho intramolecular Hbond substituents is 1. The van der Waals surface area contributed by atoms with Crippen LogP contribution in [0.1, 0.15) is 28.1 Å². The van der Waals surface area contributed by atoms with E-state index >= 15 is 0 Å². The first-order valence-corrected chi connectivity index (χ1v) is 11.1. The monoisotopic (exact) mass is 448 g/mol. The van der Waals surface area contributed by atoms with E-state index in [1.807, 2.05) is 42.6 Å². The fourth-order valence-electron chi connectivity index (χ4n) is 4.00. The van der Waals surface area contributed by atoms with Gasteiger partial charge in [-0.1, -0.05) is 48.5 Å². The topological polar surface area (TPSA) is 81.1 Å². The van der Waals surface area contributed by atoms with Crippen LogP contribution in [0, 0.1) is 0 Å². The van der Waals surface area contributed by atoms with Gasteiger partial charge in [0.05, 0.1) is 17.7 Å². The van der Waals surface area contributed by atoms with Gasteiger partial charge in [-0.3, -0.25) is 9.59 Å². The van der Waals surface area contributed by atoms with Gasteiger partial charge in [-0.15, -0.1) is 11.3 Å². The number of benzene rings is 2. The van der Waals surface area contributed by atoms with Crippen molar-refractivity contribution in [2.24, 2.45) is 0 Å². The molecule has 0 bridgehead atoms. The number of aliphatic hydroxyl groups excluding tert-OH is 1. The number of amides is 1. The number of Topliss-reactive ketones (excluding diaryl/α,β-unsaturated/α-hetero) is 1. The first kappa shape index (κ1) is 21.8. The molecule has 2 unspecified atom stereocenters. The molecule has 1 aromatic heterocycles. The van der Waals surface area contributed by atoms with Crippen LogP contribution in [0.25, 0.3) is 5.76 Å². The normalized spacial score (nSPS) is 19.0. The summed E-state index contributed by atoms with van der Waals surface area (Å²) < 4.78 is 0. The summed E-state index contributed by atoms with van der Waals surface area (Å²) in [6.45, 7) is 0.273. The van der Waals surface area contributed by atoms with Gasteiger partial charge >= 0.3 is 0 Å². The number of aromatic hydroxyl groups is 1. The second-order valence-corrected chi connectivity index (χ2v) is 8.88. The molecule has 1 aliphatic heterocycles. The summed E-state index contributed by atoms with van der Waals surface area (Å²) in [5.41, 5.74) is 1.16. The third kappa shape index (κ3) is 4.04. The number of hydrogen-bond donors (Lipinski definition) is 2. The number of rotatable bonds is 6. The maximum absolute atomic E-state index is 13.2. The molecule has 7 heteroatoms. The van der Waals surface area contributed by atoms with Gasteiger partial charge in [0.1, 0.15) is 11.5 Å². The molecule has 1 aliphatic rings. The van der Waals surface area contributed by atoms with Gasteiger partial charge < -0.3 is 20.0 Å². The summed E-state index contributed by atoms with van der Waals surface area (Å²) in [6.07, 6.45) is 0. The summed E-state index contributed by atoms with van der Waals surface area (Å²) >= 11 is 1.59. The minimum absolute atomic E-state index is 0.0515. The number of likely N-dealkylation sites (N-methyl/N-ethyl adjacent to an activating group) is 1. The minimum atomic E-state index is -0.766. The number of aliphatic hydroxyl groups is 1. The Morgan fingerprint density at radius 1 is 1.03 bits per heavy atom. The summed E-state index contributed by atoms with van der Waals surface area (Å²) in [5, 5.41) is 22.8. The Bertz CT molecular complexity index is 1140. The van der Waals surface area contributed by atoms with Gasteiger partial charge in [-0.25, -0.2) is 0 Å².